The number of esters is 1. The first kappa shape index (κ1) is 13.0. The second kappa shape index (κ2) is 5.83. The molecule has 0 aliphatic rings. The third kappa shape index (κ3) is 3.19. The summed E-state index contributed by atoms with van der Waals surface area (Å²) in [5, 5.41) is 11.2. The number of amides is 1. The average molecular weight is 264 g/mol. The minimum atomic E-state index is -1.06. The molecule has 16 heavy (non-hydrogen) atoms. The summed E-state index contributed by atoms with van der Waals surface area (Å²) < 4.78 is 4.88. The zero-order valence-electron chi connectivity index (χ0n) is 8.40. The summed E-state index contributed by atoms with van der Waals surface area (Å²) in [6.07, 6.45) is 0. The van der Waals surface area contributed by atoms with E-state index < -0.39 is 24.5 Å². The van der Waals surface area contributed by atoms with Crippen molar-refractivity contribution in [3.8, 4) is 0 Å². The first-order valence-corrected chi connectivity index (χ1v) is 5.52. The van der Waals surface area contributed by atoms with Crippen molar-refractivity contribution in [3.63, 3.8) is 0 Å². The lowest BCUT2D eigenvalue weighted by molar-refractivity contribution is -0.143. The fourth-order valence-corrected chi connectivity index (χ4v) is 1.93. The van der Waals surface area contributed by atoms with Crippen LogP contribution in [0.25, 0.3) is 0 Å². The van der Waals surface area contributed by atoms with Gasteiger partial charge in [-0.15, -0.1) is 11.3 Å². The minimum absolute atomic E-state index is 0.368. The van der Waals surface area contributed by atoms with Crippen molar-refractivity contribution < 1.29 is 19.4 Å². The van der Waals surface area contributed by atoms with Crippen LogP contribution in [0.5, 0.6) is 0 Å². The molecule has 7 heteroatoms. The Morgan fingerprint density at radius 2 is 2.31 bits per heavy atom. The molecule has 1 aromatic heterocycles. The van der Waals surface area contributed by atoms with Gasteiger partial charge in [-0.05, 0) is 12.1 Å². The quantitative estimate of drug-likeness (QED) is 0.783. The van der Waals surface area contributed by atoms with E-state index in [-0.39, 0.29) is 0 Å². The maximum absolute atomic E-state index is 11.6. The molecule has 1 heterocycles. The lowest BCUT2D eigenvalue weighted by Gasteiger charge is -2.12. The van der Waals surface area contributed by atoms with Crippen LogP contribution < -0.4 is 5.32 Å². The molecule has 1 unspecified atom stereocenters. The van der Waals surface area contributed by atoms with Gasteiger partial charge in [0.05, 0.1) is 22.9 Å². The van der Waals surface area contributed by atoms with Crippen LogP contribution in [0.3, 0.4) is 0 Å². The van der Waals surface area contributed by atoms with Gasteiger partial charge in [-0.3, -0.25) is 4.79 Å². The number of carbonyl (C=O) groups excluding carboxylic acids is 2. The zero-order chi connectivity index (χ0) is 12.1. The fourth-order valence-electron chi connectivity index (χ4n) is 0.987. The van der Waals surface area contributed by atoms with E-state index in [9.17, 15) is 9.59 Å². The molecular formula is C9H10ClNO4S. The van der Waals surface area contributed by atoms with E-state index >= 15 is 0 Å². The number of hydrogen-bond donors (Lipinski definition) is 2. The summed E-state index contributed by atoms with van der Waals surface area (Å²) in [4.78, 5) is 23.0. The van der Waals surface area contributed by atoms with E-state index in [1.807, 2.05) is 0 Å². The van der Waals surface area contributed by atoms with Crippen LogP contribution in [0.2, 0.25) is 4.34 Å². The van der Waals surface area contributed by atoms with Crippen LogP contribution in [-0.2, 0) is 9.53 Å². The Balaban J connectivity index is 2.66. The third-order valence-corrected chi connectivity index (χ3v) is 3.00. The molecule has 1 aromatic rings. The molecule has 0 aliphatic heterocycles. The van der Waals surface area contributed by atoms with E-state index in [1.54, 1.807) is 6.07 Å². The predicted molar refractivity (Wildman–Crippen MR) is 59.7 cm³/mol. The molecule has 0 saturated heterocycles. The van der Waals surface area contributed by atoms with E-state index in [0.29, 0.717) is 9.21 Å². The van der Waals surface area contributed by atoms with Gasteiger partial charge >= 0.3 is 5.97 Å². The SMILES string of the molecule is COC(=O)C(CO)NC(=O)c1ccc(Cl)s1. The Morgan fingerprint density at radius 1 is 1.62 bits per heavy atom. The molecule has 0 bridgehead atoms. The molecule has 0 saturated carbocycles. The van der Waals surface area contributed by atoms with Crippen LogP contribution in [0.4, 0.5) is 0 Å². The number of hydrogen-bond acceptors (Lipinski definition) is 5. The maximum Gasteiger partial charge on any atom is 0.330 e. The van der Waals surface area contributed by atoms with Crippen molar-refractivity contribution in [1.82, 2.24) is 5.32 Å². The van der Waals surface area contributed by atoms with E-state index in [4.69, 9.17) is 16.7 Å². The van der Waals surface area contributed by atoms with Crippen LogP contribution >= 0.6 is 22.9 Å². The van der Waals surface area contributed by atoms with E-state index in [1.165, 1.54) is 13.2 Å². The number of carbonyl (C=O) groups is 2. The normalized spacial score (nSPS) is 11.9. The smallest absolute Gasteiger partial charge is 0.330 e. The Hall–Kier alpha value is -1.11. The van der Waals surface area contributed by atoms with Gasteiger partial charge < -0.3 is 15.2 Å². The molecule has 0 fully saturated rings. The van der Waals surface area contributed by atoms with Gasteiger partial charge in [-0.25, -0.2) is 4.79 Å². The first-order valence-electron chi connectivity index (χ1n) is 4.33. The van der Waals surface area contributed by atoms with Gasteiger partial charge in [0, 0.05) is 0 Å². The molecular weight excluding hydrogens is 254 g/mol. The van der Waals surface area contributed by atoms with E-state index in [2.05, 4.69) is 10.1 Å². The van der Waals surface area contributed by atoms with Crippen molar-refractivity contribution in [2.24, 2.45) is 0 Å². The fraction of sp³-hybridized carbons (Fsp3) is 0.333. The summed E-state index contributed by atoms with van der Waals surface area (Å²) in [6, 6.07) is 2.06. The number of thiophene rings is 1. The van der Waals surface area contributed by atoms with Gasteiger partial charge in [-0.2, -0.15) is 0 Å². The molecule has 0 radical (unpaired) electrons. The lowest BCUT2D eigenvalue weighted by Crippen LogP contribution is -2.43. The van der Waals surface area contributed by atoms with Crippen LogP contribution in [0, 0.1) is 0 Å². The summed E-state index contributed by atoms with van der Waals surface area (Å²) in [5.41, 5.74) is 0. The van der Waals surface area contributed by atoms with Gasteiger partial charge in [0.1, 0.15) is 0 Å². The third-order valence-electron chi connectivity index (χ3n) is 1.77. The largest absolute Gasteiger partial charge is 0.467 e. The number of halogens is 1. The molecule has 88 valence electrons. The molecule has 2 N–H and O–H groups in total. The number of aliphatic hydroxyl groups excluding tert-OH is 1. The van der Waals surface area contributed by atoms with Crippen LogP contribution in [-0.4, -0.2) is 36.7 Å². The number of aliphatic hydroxyl groups is 1. The molecule has 0 aliphatic carbocycles. The van der Waals surface area contributed by atoms with Gasteiger partial charge in [0.25, 0.3) is 5.91 Å². The Labute approximate surface area is 101 Å². The molecule has 0 spiro atoms. The number of methoxy groups -OCH3 is 1. The molecule has 5 nitrogen and oxygen atoms in total. The van der Waals surface area contributed by atoms with Crippen LogP contribution in [0.15, 0.2) is 12.1 Å². The van der Waals surface area contributed by atoms with Crippen molar-refractivity contribution in [1.29, 1.82) is 0 Å². The molecule has 1 rings (SSSR count). The zero-order valence-corrected chi connectivity index (χ0v) is 9.97. The molecule has 0 aromatic carbocycles. The Morgan fingerprint density at radius 3 is 2.75 bits per heavy atom. The van der Waals surface area contributed by atoms with Gasteiger partial charge in [-0.1, -0.05) is 11.6 Å². The highest BCUT2D eigenvalue weighted by atomic mass is 35.5. The Bertz CT molecular complexity index is 393. The van der Waals surface area contributed by atoms with Gasteiger partial charge in [0.15, 0.2) is 6.04 Å². The molecule has 1 amide bonds. The summed E-state index contributed by atoms with van der Waals surface area (Å²) >= 11 is 6.75. The summed E-state index contributed by atoms with van der Waals surface area (Å²) in [6.45, 7) is -0.516. The number of nitrogens with one attached hydrogen (secondary N) is 1. The monoisotopic (exact) mass is 263 g/mol. The average Bonchev–Trinajstić information content (AvgIpc) is 2.71. The second-order valence-corrected chi connectivity index (χ2v) is 4.55. The summed E-state index contributed by atoms with van der Waals surface area (Å²) in [7, 11) is 1.18. The van der Waals surface area contributed by atoms with Crippen molar-refractivity contribution in [2.75, 3.05) is 13.7 Å². The highest BCUT2D eigenvalue weighted by Crippen LogP contribution is 2.21. The van der Waals surface area contributed by atoms with Crippen LogP contribution in [0.1, 0.15) is 9.67 Å². The number of ether oxygens (including phenoxy) is 1. The Kier molecular flexibility index (Phi) is 4.72. The molecule has 1 atom stereocenters. The topological polar surface area (TPSA) is 75.6 Å². The first-order chi connectivity index (χ1) is 7.58. The van der Waals surface area contributed by atoms with Crippen molar-refractivity contribution >= 4 is 34.8 Å². The standard InChI is InChI=1S/C9H10ClNO4S/c1-15-9(14)5(4-12)11-8(13)6-2-3-7(10)16-6/h2-3,5,12H,4H2,1H3,(H,11,13). The highest BCUT2D eigenvalue weighted by Gasteiger charge is 2.21. The highest BCUT2D eigenvalue weighted by molar-refractivity contribution is 7.18. The van der Waals surface area contributed by atoms with Crippen molar-refractivity contribution in [3.05, 3.63) is 21.3 Å². The van der Waals surface area contributed by atoms with E-state index in [0.717, 1.165) is 11.3 Å². The number of rotatable bonds is 4. The second-order valence-electron chi connectivity index (χ2n) is 2.84. The minimum Gasteiger partial charge on any atom is -0.467 e. The summed E-state index contributed by atoms with van der Waals surface area (Å²) in [5.74, 6) is -1.17. The predicted octanol–water partition coefficient (Wildman–Crippen LogP) is 0.665. The maximum atomic E-state index is 11.6. The van der Waals surface area contributed by atoms with Crippen molar-refractivity contribution in [2.45, 2.75) is 6.04 Å². The lowest BCUT2D eigenvalue weighted by atomic mass is 10.3. The van der Waals surface area contributed by atoms with Gasteiger partial charge in [0.2, 0.25) is 0 Å².